The molecule has 7 heteroatoms. The molecule has 190 valence electrons. The topological polar surface area (TPSA) is 67.4 Å². The van der Waals surface area contributed by atoms with Gasteiger partial charge in [-0.15, -0.1) is 0 Å². The number of ether oxygens (including phenoxy) is 1. The van der Waals surface area contributed by atoms with Gasteiger partial charge in [-0.2, -0.15) is 0 Å². The van der Waals surface area contributed by atoms with Crippen LogP contribution in [-0.4, -0.2) is 42.2 Å². The van der Waals surface area contributed by atoms with E-state index in [-0.39, 0.29) is 17.4 Å². The summed E-state index contributed by atoms with van der Waals surface area (Å²) in [5, 5.41) is 3.75. The molecule has 1 aliphatic heterocycles. The highest BCUT2D eigenvalue weighted by Crippen LogP contribution is 2.28. The van der Waals surface area contributed by atoms with Crippen LogP contribution in [0.15, 0.2) is 65.8 Å². The molecule has 1 aromatic heterocycles. The Labute approximate surface area is 218 Å². The fourth-order valence-corrected chi connectivity index (χ4v) is 4.86. The third-order valence-corrected chi connectivity index (χ3v) is 7.10. The lowest BCUT2D eigenvalue weighted by atomic mass is 9.92. The molecule has 2 heterocycles. The van der Waals surface area contributed by atoms with Gasteiger partial charge in [0.25, 0.3) is 5.91 Å². The Morgan fingerprint density at radius 3 is 2.58 bits per heavy atom. The minimum atomic E-state index is -0.0956. The first-order valence-corrected chi connectivity index (χ1v) is 13.5. The van der Waals surface area contributed by atoms with Crippen LogP contribution in [0, 0.1) is 0 Å². The number of carbonyl (C=O) groups excluding carboxylic acids is 1. The molecular weight excluding hydrogens is 468 g/mol. The van der Waals surface area contributed by atoms with Crippen LogP contribution in [0.5, 0.6) is 0 Å². The van der Waals surface area contributed by atoms with E-state index < -0.39 is 0 Å². The Kier molecular flexibility index (Phi) is 8.64. The summed E-state index contributed by atoms with van der Waals surface area (Å²) in [5.74, 6) is 1.53. The lowest BCUT2D eigenvalue weighted by Gasteiger charge is -2.23. The minimum absolute atomic E-state index is 0.0619. The van der Waals surface area contributed by atoms with E-state index in [1.165, 1.54) is 5.56 Å². The summed E-state index contributed by atoms with van der Waals surface area (Å²) in [5.41, 5.74) is 3.88. The van der Waals surface area contributed by atoms with Crippen molar-refractivity contribution in [3.63, 3.8) is 0 Å². The predicted molar refractivity (Wildman–Crippen MR) is 147 cm³/mol. The van der Waals surface area contributed by atoms with E-state index in [9.17, 15) is 4.79 Å². The first-order chi connectivity index (χ1) is 17.3. The van der Waals surface area contributed by atoms with Crippen molar-refractivity contribution in [2.75, 3.05) is 25.1 Å². The molecule has 1 atom stereocenters. The summed E-state index contributed by atoms with van der Waals surface area (Å²) in [6.45, 7) is 8.63. The van der Waals surface area contributed by atoms with Crippen molar-refractivity contribution in [1.29, 1.82) is 0 Å². The van der Waals surface area contributed by atoms with Gasteiger partial charge in [0.15, 0.2) is 5.16 Å². The lowest BCUT2D eigenvalue weighted by Crippen LogP contribution is -2.31. The number of nitrogens with zero attached hydrogens (tertiary/aromatic N) is 3. The van der Waals surface area contributed by atoms with Gasteiger partial charge in [0, 0.05) is 49.5 Å². The number of amides is 1. The Hall–Kier alpha value is -2.90. The zero-order chi connectivity index (χ0) is 25.5. The van der Waals surface area contributed by atoms with E-state index in [2.05, 4.69) is 68.4 Å². The normalized spacial score (nSPS) is 15.6. The largest absolute Gasteiger partial charge is 0.376 e. The van der Waals surface area contributed by atoms with Crippen LogP contribution >= 0.6 is 11.8 Å². The van der Waals surface area contributed by atoms with E-state index in [0.29, 0.717) is 17.9 Å². The standard InChI is InChI=1S/C29H36N4O2S/c1-29(2,3)25-17-26(33(4)19-21-10-6-5-7-11-21)32-28(31-25)36-20-22-12-8-13-23(16-22)27(34)30-18-24-14-9-15-35-24/h5-8,10-13,16-17,24H,9,14-15,18-20H2,1-4H3,(H,30,34)/t24-/m0/s1. The first-order valence-electron chi connectivity index (χ1n) is 12.5. The molecule has 4 rings (SSSR count). The smallest absolute Gasteiger partial charge is 0.251 e. The Balaban J connectivity index is 1.45. The second-order valence-corrected chi connectivity index (χ2v) is 11.3. The molecule has 0 radical (unpaired) electrons. The van der Waals surface area contributed by atoms with Gasteiger partial charge in [0.05, 0.1) is 11.8 Å². The third-order valence-electron chi connectivity index (χ3n) is 6.19. The number of anilines is 1. The monoisotopic (exact) mass is 504 g/mol. The molecule has 1 amide bonds. The van der Waals surface area contributed by atoms with Gasteiger partial charge in [-0.1, -0.05) is 75.0 Å². The van der Waals surface area contributed by atoms with Crippen LogP contribution in [0.2, 0.25) is 0 Å². The summed E-state index contributed by atoms with van der Waals surface area (Å²) >= 11 is 1.60. The number of benzene rings is 2. The van der Waals surface area contributed by atoms with Gasteiger partial charge in [-0.25, -0.2) is 9.97 Å². The van der Waals surface area contributed by atoms with Crippen molar-refractivity contribution < 1.29 is 9.53 Å². The average Bonchev–Trinajstić information content (AvgIpc) is 3.40. The van der Waals surface area contributed by atoms with Crippen molar-refractivity contribution >= 4 is 23.5 Å². The lowest BCUT2D eigenvalue weighted by molar-refractivity contribution is 0.0857. The van der Waals surface area contributed by atoms with Gasteiger partial charge in [-0.05, 0) is 36.1 Å². The second-order valence-electron chi connectivity index (χ2n) is 10.3. The van der Waals surface area contributed by atoms with Gasteiger partial charge in [0.1, 0.15) is 5.82 Å². The highest BCUT2D eigenvalue weighted by atomic mass is 32.2. The second kappa shape index (κ2) is 11.9. The predicted octanol–water partition coefficient (Wildman–Crippen LogP) is 5.61. The van der Waals surface area contributed by atoms with Crippen LogP contribution < -0.4 is 10.2 Å². The molecule has 0 saturated carbocycles. The number of rotatable bonds is 9. The Morgan fingerprint density at radius 1 is 1.08 bits per heavy atom. The molecule has 0 unspecified atom stereocenters. The number of carbonyl (C=O) groups is 1. The molecule has 0 spiro atoms. The summed E-state index contributed by atoms with van der Waals surface area (Å²) in [6, 6.07) is 20.3. The van der Waals surface area contributed by atoms with Gasteiger partial charge in [0.2, 0.25) is 0 Å². The van der Waals surface area contributed by atoms with E-state index in [1.807, 2.05) is 30.3 Å². The molecule has 1 saturated heterocycles. The van der Waals surface area contributed by atoms with Crippen molar-refractivity contribution in [2.45, 2.75) is 62.6 Å². The van der Waals surface area contributed by atoms with Gasteiger partial charge < -0.3 is 15.0 Å². The Morgan fingerprint density at radius 2 is 1.86 bits per heavy atom. The maximum Gasteiger partial charge on any atom is 0.251 e. The van der Waals surface area contributed by atoms with E-state index >= 15 is 0 Å². The van der Waals surface area contributed by atoms with Crippen LogP contribution in [0.3, 0.4) is 0 Å². The fourth-order valence-electron chi connectivity index (χ4n) is 4.06. The third kappa shape index (κ3) is 7.31. The molecule has 0 bridgehead atoms. The van der Waals surface area contributed by atoms with Crippen molar-refractivity contribution in [3.05, 3.63) is 83.0 Å². The molecular formula is C29H36N4O2S. The van der Waals surface area contributed by atoms with E-state index in [4.69, 9.17) is 14.7 Å². The Bertz CT molecular complexity index is 1160. The summed E-state index contributed by atoms with van der Waals surface area (Å²) < 4.78 is 5.61. The van der Waals surface area contributed by atoms with Gasteiger partial charge >= 0.3 is 0 Å². The molecule has 1 aliphatic rings. The average molecular weight is 505 g/mol. The van der Waals surface area contributed by atoms with E-state index in [1.54, 1.807) is 11.8 Å². The first kappa shape index (κ1) is 26.2. The van der Waals surface area contributed by atoms with Gasteiger partial charge in [-0.3, -0.25) is 4.79 Å². The zero-order valence-corrected chi connectivity index (χ0v) is 22.5. The summed E-state index contributed by atoms with van der Waals surface area (Å²) in [6.07, 6.45) is 2.21. The highest BCUT2D eigenvalue weighted by molar-refractivity contribution is 7.98. The van der Waals surface area contributed by atoms with Crippen molar-refractivity contribution in [2.24, 2.45) is 0 Å². The number of nitrogens with one attached hydrogen (secondary N) is 1. The van der Waals surface area contributed by atoms with Crippen molar-refractivity contribution in [1.82, 2.24) is 15.3 Å². The molecule has 1 N–H and O–H groups in total. The highest BCUT2D eigenvalue weighted by Gasteiger charge is 2.20. The molecule has 36 heavy (non-hydrogen) atoms. The zero-order valence-electron chi connectivity index (χ0n) is 21.7. The number of aromatic nitrogens is 2. The molecule has 1 fully saturated rings. The number of hydrogen-bond acceptors (Lipinski definition) is 6. The number of thioether (sulfide) groups is 1. The van der Waals surface area contributed by atoms with E-state index in [0.717, 1.165) is 48.2 Å². The maximum absolute atomic E-state index is 12.6. The molecule has 0 aliphatic carbocycles. The van der Waals surface area contributed by atoms with Crippen LogP contribution in [0.1, 0.15) is 60.8 Å². The molecule has 2 aromatic carbocycles. The van der Waals surface area contributed by atoms with Crippen LogP contribution in [-0.2, 0) is 22.4 Å². The number of hydrogen-bond donors (Lipinski definition) is 1. The quantitative estimate of drug-likeness (QED) is 0.302. The van der Waals surface area contributed by atoms with Crippen molar-refractivity contribution in [3.8, 4) is 0 Å². The summed E-state index contributed by atoms with van der Waals surface area (Å²) in [7, 11) is 2.06. The summed E-state index contributed by atoms with van der Waals surface area (Å²) in [4.78, 5) is 24.6. The minimum Gasteiger partial charge on any atom is -0.376 e. The SMILES string of the molecule is CN(Cc1ccccc1)c1cc(C(C)(C)C)nc(SCc2cccc(C(=O)NC[C@@H]3CCCO3)c2)n1. The fraction of sp³-hybridized carbons (Fsp3) is 0.414. The van der Waals surface area contributed by atoms with Crippen LogP contribution in [0.4, 0.5) is 5.82 Å². The molecule has 6 nitrogen and oxygen atoms in total. The maximum atomic E-state index is 12.6. The van der Waals surface area contributed by atoms with Crippen LogP contribution in [0.25, 0.3) is 0 Å². The molecule has 3 aromatic rings.